The minimum atomic E-state index is -4.47. The Balaban J connectivity index is 2.14. The normalized spacial score (nSPS) is 24.1. The molecule has 1 fully saturated rings. The Morgan fingerprint density at radius 1 is 1.26 bits per heavy atom. The van der Waals surface area contributed by atoms with Crippen molar-refractivity contribution >= 4 is 5.97 Å². The van der Waals surface area contributed by atoms with Crippen molar-refractivity contribution in [3.63, 3.8) is 0 Å². The Hall–Kier alpha value is -1.56. The molecule has 1 saturated heterocycles. The number of rotatable bonds is 5. The Labute approximate surface area is 134 Å². The van der Waals surface area contributed by atoms with Gasteiger partial charge >= 0.3 is 12.1 Å². The second kappa shape index (κ2) is 6.91. The van der Waals surface area contributed by atoms with Gasteiger partial charge in [0.25, 0.3) is 0 Å². The van der Waals surface area contributed by atoms with Gasteiger partial charge in [-0.25, -0.2) is 0 Å². The highest BCUT2D eigenvalue weighted by atomic mass is 19.4. The highest BCUT2D eigenvalue weighted by Gasteiger charge is 2.52. The first-order valence-corrected chi connectivity index (χ1v) is 7.77. The molecule has 2 rings (SSSR count). The predicted molar refractivity (Wildman–Crippen MR) is 81.1 cm³/mol. The third-order valence-corrected chi connectivity index (χ3v) is 4.62. The van der Waals surface area contributed by atoms with Crippen molar-refractivity contribution in [1.82, 2.24) is 4.90 Å². The lowest BCUT2D eigenvalue weighted by Crippen LogP contribution is -2.34. The quantitative estimate of drug-likeness (QED) is 0.897. The first kappa shape index (κ1) is 17.8. The van der Waals surface area contributed by atoms with Gasteiger partial charge in [-0.2, -0.15) is 13.2 Å². The van der Waals surface area contributed by atoms with Gasteiger partial charge in [0.05, 0.1) is 11.8 Å². The topological polar surface area (TPSA) is 40.5 Å². The van der Waals surface area contributed by atoms with Crippen LogP contribution in [-0.4, -0.2) is 41.8 Å². The van der Waals surface area contributed by atoms with Gasteiger partial charge in [-0.3, -0.25) is 4.79 Å². The van der Waals surface area contributed by atoms with Gasteiger partial charge in [0.1, 0.15) is 0 Å². The largest absolute Gasteiger partial charge is 0.481 e. The van der Waals surface area contributed by atoms with Crippen LogP contribution in [0.1, 0.15) is 25.3 Å². The van der Waals surface area contributed by atoms with E-state index in [4.69, 9.17) is 5.11 Å². The lowest BCUT2D eigenvalue weighted by atomic mass is 9.88. The van der Waals surface area contributed by atoms with Crippen LogP contribution in [-0.2, 0) is 4.79 Å². The van der Waals surface area contributed by atoms with E-state index in [-0.39, 0.29) is 24.9 Å². The van der Waals surface area contributed by atoms with E-state index in [9.17, 15) is 18.0 Å². The van der Waals surface area contributed by atoms with Gasteiger partial charge in [0.2, 0.25) is 0 Å². The van der Waals surface area contributed by atoms with E-state index in [0.29, 0.717) is 6.54 Å². The maximum atomic E-state index is 13.1. The third kappa shape index (κ3) is 4.25. The maximum absolute atomic E-state index is 13.1. The van der Waals surface area contributed by atoms with E-state index in [0.717, 1.165) is 5.56 Å². The van der Waals surface area contributed by atoms with Crippen LogP contribution in [0.2, 0.25) is 0 Å². The molecule has 0 bridgehead atoms. The summed E-state index contributed by atoms with van der Waals surface area (Å²) in [6, 6.07) is 9.66. The summed E-state index contributed by atoms with van der Waals surface area (Å²) in [5, 5.41) is 9.10. The predicted octanol–water partition coefficient (Wildman–Crippen LogP) is 3.62. The van der Waals surface area contributed by atoms with Crippen LogP contribution in [0.4, 0.5) is 13.2 Å². The second-order valence-corrected chi connectivity index (χ2v) is 6.57. The van der Waals surface area contributed by atoms with Gasteiger partial charge in [-0.15, -0.1) is 0 Å². The highest BCUT2D eigenvalue weighted by Crippen LogP contribution is 2.39. The monoisotopic (exact) mass is 329 g/mol. The Kier molecular flexibility index (Phi) is 5.34. The first-order valence-electron chi connectivity index (χ1n) is 7.77. The SMILES string of the molecule is CC(C)C(CN1C[C@@H](C(F)(F)F)[C@H](C(=O)O)C1)c1ccccc1. The van der Waals surface area contributed by atoms with E-state index in [1.807, 2.05) is 44.2 Å². The zero-order chi connectivity index (χ0) is 17.2. The fourth-order valence-corrected chi connectivity index (χ4v) is 3.30. The summed E-state index contributed by atoms with van der Waals surface area (Å²) in [6.45, 7) is 4.22. The van der Waals surface area contributed by atoms with Crippen LogP contribution in [0.5, 0.6) is 0 Å². The zero-order valence-corrected chi connectivity index (χ0v) is 13.3. The molecule has 23 heavy (non-hydrogen) atoms. The van der Waals surface area contributed by atoms with E-state index in [1.54, 1.807) is 4.90 Å². The highest BCUT2D eigenvalue weighted by molar-refractivity contribution is 5.71. The Morgan fingerprint density at radius 2 is 1.87 bits per heavy atom. The zero-order valence-electron chi connectivity index (χ0n) is 13.3. The van der Waals surface area contributed by atoms with Gasteiger partial charge in [0.15, 0.2) is 0 Å². The van der Waals surface area contributed by atoms with E-state index >= 15 is 0 Å². The number of carbonyl (C=O) groups is 1. The number of nitrogens with zero attached hydrogens (tertiary/aromatic N) is 1. The molecule has 1 aliphatic rings. The van der Waals surface area contributed by atoms with Crippen molar-refractivity contribution in [2.75, 3.05) is 19.6 Å². The molecule has 0 saturated carbocycles. The average molecular weight is 329 g/mol. The molecule has 1 unspecified atom stereocenters. The number of aliphatic carboxylic acids is 1. The van der Waals surface area contributed by atoms with Crippen molar-refractivity contribution < 1.29 is 23.1 Å². The fraction of sp³-hybridized carbons (Fsp3) is 0.588. The second-order valence-electron chi connectivity index (χ2n) is 6.57. The average Bonchev–Trinajstić information content (AvgIpc) is 2.90. The Bertz CT molecular complexity index is 530. The van der Waals surface area contributed by atoms with Crippen LogP contribution in [0, 0.1) is 17.8 Å². The molecule has 0 amide bonds. The Morgan fingerprint density at radius 3 is 2.30 bits per heavy atom. The molecule has 128 valence electrons. The fourth-order valence-electron chi connectivity index (χ4n) is 3.30. The lowest BCUT2D eigenvalue weighted by Gasteiger charge is -2.27. The summed E-state index contributed by atoms with van der Waals surface area (Å²) >= 11 is 0. The summed E-state index contributed by atoms with van der Waals surface area (Å²) in [5.74, 6) is -4.19. The molecule has 1 aliphatic heterocycles. The number of halogens is 3. The number of carboxylic acids is 1. The van der Waals surface area contributed by atoms with Crippen molar-refractivity contribution in [2.24, 2.45) is 17.8 Å². The lowest BCUT2D eigenvalue weighted by molar-refractivity contribution is -0.188. The van der Waals surface area contributed by atoms with Gasteiger partial charge in [-0.05, 0) is 17.4 Å². The third-order valence-electron chi connectivity index (χ3n) is 4.62. The summed E-state index contributed by atoms with van der Waals surface area (Å²) in [7, 11) is 0. The van der Waals surface area contributed by atoms with Crippen LogP contribution >= 0.6 is 0 Å². The minimum absolute atomic E-state index is 0.0461. The summed E-state index contributed by atoms with van der Waals surface area (Å²) < 4.78 is 39.2. The molecule has 3 nitrogen and oxygen atoms in total. The van der Waals surface area contributed by atoms with Crippen molar-refractivity contribution in [3.05, 3.63) is 35.9 Å². The van der Waals surface area contributed by atoms with E-state index in [2.05, 4.69) is 0 Å². The van der Waals surface area contributed by atoms with E-state index in [1.165, 1.54) is 0 Å². The molecule has 1 aromatic carbocycles. The number of likely N-dealkylation sites (tertiary alicyclic amines) is 1. The molecule has 0 aliphatic carbocycles. The van der Waals surface area contributed by atoms with Crippen molar-refractivity contribution in [2.45, 2.75) is 25.9 Å². The molecule has 1 aromatic rings. The van der Waals surface area contributed by atoms with Crippen molar-refractivity contribution in [1.29, 1.82) is 0 Å². The molecule has 1 heterocycles. The summed E-state index contributed by atoms with van der Waals surface area (Å²) in [5.41, 5.74) is 1.07. The van der Waals surface area contributed by atoms with Crippen LogP contribution in [0.25, 0.3) is 0 Å². The van der Waals surface area contributed by atoms with Crippen LogP contribution in [0.3, 0.4) is 0 Å². The molecule has 0 aromatic heterocycles. The molecular formula is C17H22F3NO2. The summed E-state index contributed by atoms with van der Waals surface area (Å²) in [6.07, 6.45) is -4.47. The number of carboxylic acid groups (broad SMARTS) is 1. The maximum Gasteiger partial charge on any atom is 0.393 e. The molecule has 1 N–H and O–H groups in total. The molecule has 6 heteroatoms. The smallest absolute Gasteiger partial charge is 0.393 e. The molecule has 0 spiro atoms. The first-order chi connectivity index (χ1) is 10.7. The van der Waals surface area contributed by atoms with Gasteiger partial charge in [-0.1, -0.05) is 44.2 Å². The standard InChI is InChI=1S/C17H22F3NO2/c1-11(2)13(12-6-4-3-5-7-12)8-21-9-14(16(22)23)15(10-21)17(18,19)20/h3-7,11,13-15H,8-10H2,1-2H3,(H,22,23)/t13?,14-,15-/m1/s1. The molecule has 3 atom stereocenters. The van der Waals surface area contributed by atoms with Crippen LogP contribution in [0.15, 0.2) is 30.3 Å². The number of benzene rings is 1. The number of hydrogen-bond donors (Lipinski definition) is 1. The van der Waals surface area contributed by atoms with E-state index < -0.39 is 24.0 Å². The van der Waals surface area contributed by atoms with Crippen molar-refractivity contribution in [3.8, 4) is 0 Å². The molecule has 0 radical (unpaired) electrons. The molecular weight excluding hydrogens is 307 g/mol. The van der Waals surface area contributed by atoms with Gasteiger partial charge < -0.3 is 10.0 Å². The number of hydrogen-bond acceptors (Lipinski definition) is 2. The number of alkyl halides is 3. The minimum Gasteiger partial charge on any atom is -0.481 e. The van der Waals surface area contributed by atoms with Gasteiger partial charge in [0, 0.05) is 19.6 Å². The summed E-state index contributed by atoms with van der Waals surface area (Å²) in [4.78, 5) is 12.8. The van der Waals surface area contributed by atoms with Crippen LogP contribution < -0.4 is 0 Å².